The van der Waals surface area contributed by atoms with Crippen LogP contribution >= 0.6 is 0 Å². The van der Waals surface area contributed by atoms with E-state index in [0.29, 0.717) is 0 Å². The molecule has 1 aromatic carbocycles. The summed E-state index contributed by atoms with van der Waals surface area (Å²) in [4.78, 5) is 8.01. The van der Waals surface area contributed by atoms with Crippen molar-refractivity contribution in [1.82, 2.24) is 14.5 Å². The third-order valence-corrected chi connectivity index (χ3v) is 3.96. The number of aryl methyl sites for hydroxylation is 1. The lowest BCUT2D eigenvalue weighted by atomic mass is 10.0. The van der Waals surface area contributed by atoms with Crippen LogP contribution in [0.2, 0.25) is 0 Å². The molecule has 0 radical (unpaired) electrons. The Morgan fingerprint density at radius 1 is 1.12 bits per heavy atom. The van der Waals surface area contributed by atoms with Gasteiger partial charge in [-0.3, -0.25) is 4.98 Å². The Hall–Kier alpha value is -3.14. The zero-order chi connectivity index (χ0) is 16.4. The van der Waals surface area contributed by atoms with Gasteiger partial charge in [-0.05, 0) is 41.5 Å². The van der Waals surface area contributed by atoms with E-state index in [1.807, 2.05) is 53.0 Å². The van der Waals surface area contributed by atoms with Gasteiger partial charge in [0.25, 0.3) is 0 Å². The number of hydrogen-bond donors (Lipinski definition) is 1. The molecule has 24 heavy (non-hydrogen) atoms. The Labute approximate surface area is 141 Å². The van der Waals surface area contributed by atoms with Gasteiger partial charge in [0.15, 0.2) is 0 Å². The lowest BCUT2D eigenvalue weighted by Crippen LogP contribution is -2.24. The van der Waals surface area contributed by atoms with Crippen molar-refractivity contribution in [2.45, 2.75) is 6.42 Å². The molecule has 0 aliphatic carbocycles. The molecule has 0 aliphatic rings. The molecule has 0 saturated heterocycles. The molecule has 0 spiro atoms. The Morgan fingerprint density at radius 2 is 2.04 bits per heavy atom. The van der Waals surface area contributed by atoms with Gasteiger partial charge in [0.1, 0.15) is 5.82 Å². The molecule has 3 heterocycles. The summed E-state index contributed by atoms with van der Waals surface area (Å²) in [6, 6.07) is 18.8. The quantitative estimate of drug-likeness (QED) is 0.456. The molecule has 4 aromatic rings. The molecule has 0 amide bonds. The third kappa shape index (κ3) is 2.99. The molecule has 1 N–H and O–H groups in total. The number of pyridine rings is 1. The second kappa shape index (κ2) is 6.16. The topological polar surface area (TPSA) is 37.5 Å². The highest BCUT2D eigenvalue weighted by Gasteiger charge is 2.04. The highest BCUT2D eigenvalue weighted by Crippen LogP contribution is 2.20. The molecular weight excluding hydrogens is 296 g/mol. The van der Waals surface area contributed by atoms with Gasteiger partial charge in [-0.1, -0.05) is 24.3 Å². The predicted octanol–water partition coefficient (Wildman–Crippen LogP) is 3.08. The Kier molecular flexibility index (Phi) is 3.71. The fraction of sp³-hybridized carbons (Fsp3) is 0.100. The molecule has 0 aliphatic heterocycles. The average Bonchev–Trinajstić information content (AvgIpc) is 3.27. The van der Waals surface area contributed by atoms with E-state index < -0.39 is 0 Å². The number of aromatic nitrogens is 4. The molecule has 118 valence electrons. The monoisotopic (exact) mass is 314 g/mol. The summed E-state index contributed by atoms with van der Waals surface area (Å²) in [5.74, 6) is 0.883. The highest BCUT2D eigenvalue weighted by atomic mass is 15.1. The largest absolute Gasteiger partial charge is 0.361 e. The zero-order valence-electron chi connectivity index (χ0n) is 13.5. The summed E-state index contributed by atoms with van der Waals surface area (Å²) in [6.07, 6.45) is 9.83. The molecule has 4 nitrogen and oxygen atoms in total. The molecule has 3 aromatic heterocycles. The minimum atomic E-state index is 0.801. The van der Waals surface area contributed by atoms with Crippen LogP contribution in [0.25, 0.3) is 17.1 Å². The van der Waals surface area contributed by atoms with Crippen LogP contribution < -0.4 is 4.57 Å². The Morgan fingerprint density at radius 3 is 2.83 bits per heavy atom. The van der Waals surface area contributed by atoms with Crippen molar-refractivity contribution in [2.75, 3.05) is 0 Å². The van der Waals surface area contributed by atoms with E-state index in [9.17, 15) is 0 Å². The molecule has 0 unspecified atom stereocenters. The number of H-pyrrole nitrogens is 1. The number of benzene rings is 1. The smallest absolute Gasteiger partial charge is 0.244 e. The number of nitrogens with zero attached hydrogens (tertiary/aromatic N) is 3. The summed E-state index contributed by atoms with van der Waals surface area (Å²) >= 11 is 0. The normalized spacial score (nSPS) is 10.9. The fourth-order valence-corrected chi connectivity index (χ4v) is 2.80. The second-order valence-electron chi connectivity index (χ2n) is 5.83. The van der Waals surface area contributed by atoms with Gasteiger partial charge in [0, 0.05) is 36.4 Å². The number of nitrogens with one attached hydrogen (secondary N) is 1. The first-order valence-corrected chi connectivity index (χ1v) is 7.93. The van der Waals surface area contributed by atoms with Gasteiger partial charge in [0.05, 0.1) is 7.05 Å². The van der Waals surface area contributed by atoms with Crippen molar-refractivity contribution in [1.29, 1.82) is 0 Å². The minimum Gasteiger partial charge on any atom is -0.361 e. The lowest BCUT2D eigenvalue weighted by Gasteiger charge is -2.07. The number of imidazole rings is 1. The molecule has 4 rings (SSSR count). The van der Waals surface area contributed by atoms with Crippen LogP contribution in [0.15, 0.2) is 73.2 Å². The van der Waals surface area contributed by atoms with Crippen molar-refractivity contribution in [3.63, 3.8) is 0 Å². The van der Waals surface area contributed by atoms with Crippen molar-refractivity contribution >= 4 is 0 Å². The van der Waals surface area contributed by atoms with Crippen LogP contribution in [0.3, 0.4) is 0 Å². The SMILES string of the molecule is C[n+]1[c-]n(-c2cccc(Cc3cccc(-c4ccc[nH]4)c3)n2)cc1. The molecule has 0 saturated carbocycles. The van der Waals surface area contributed by atoms with Crippen molar-refractivity contribution in [3.8, 4) is 17.1 Å². The van der Waals surface area contributed by atoms with Gasteiger partial charge in [-0.15, -0.1) is 0 Å². The highest BCUT2D eigenvalue weighted by molar-refractivity contribution is 5.60. The summed E-state index contributed by atoms with van der Waals surface area (Å²) in [5, 5.41) is 0. The van der Waals surface area contributed by atoms with Crippen LogP contribution in [0.1, 0.15) is 11.3 Å². The number of aromatic amines is 1. The number of rotatable bonds is 4. The van der Waals surface area contributed by atoms with Crippen LogP contribution in [0.4, 0.5) is 0 Å². The van der Waals surface area contributed by atoms with Crippen molar-refractivity contribution in [2.24, 2.45) is 7.05 Å². The summed E-state index contributed by atoms with van der Waals surface area (Å²) in [5.41, 5.74) is 4.61. The summed E-state index contributed by atoms with van der Waals surface area (Å²) < 4.78 is 3.78. The second-order valence-corrected chi connectivity index (χ2v) is 5.83. The molecule has 0 fully saturated rings. The van der Waals surface area contributed by atoms with E-state index in [2.05, 4.69) is 47.7 Å². The van der Waals surface area contributed by atoms with Gasteiger partial charge < -0.3 is 14.1 Å². The van der Waals surface area contributed by atoms with Crippen LogP contribution in [-0.4, -0.2) is 14.5 Å². The zero-order valence-corrected chi connectivity index (χ0v) is 13.5. The van der Waals surface area contributed by atoms with E-state index in [-0.39, 0.29) is 0 Å². The lowest BCUT2D eigenvalue weighted by molar-refractivity contribution is -0.674. The van der Waals surface area contributed by atoms with Gasteiger partial charge in [-0.25, -0.2) is 0 Å². The standard InChI is InChI=1S/C20H18N4/c1-23-11-12-24(15-23)20-9-3-7-18(22-20)14-16-5-2-6-17(13-16)19-8-4-10-21-19/h2-13,21H,14H2,1H3. The Bertz CT molecular complexity index is 951. The molecule has 0 bridgehead atoms. The maximum atomic E-state index is 4.75. The van der Waals surface area contributed by atoms with Crippen LogP contribution in [0, 0.1) is 6.33 Å². The van der Waals surface area contributed by atoms with Crippen molar-refractivity contribution < 1.29 is 4.57 Å². The third-order valence-electron chi connectivity index (χ3n) is 3.96. The van der Waals surface area contributed by atoms with E-state index in [1.165, 1.54) is 11.1 Å². The summed E-state index contributed by atoms with van der Waals surface area (Å²) in [7, 11) is 1.95. The number of hydrogen-bond acceptors (Lipinski definition) is 1. The van der Waals surface area contributed by atoms with E-state index >= 15 is 0 Å². The van der Waals surface area contributed by atoms with Crippen LogP contribution in [-0.2, 0) is 13.5 Å². The van der Waals surface area contributed by atoms with Gasteiger partial charge >= 0.3 is 0 Å². The molecular formula is C20H18N4. The molecule has 4 heteroatoms. The average molecular weight is 314 g/mol. The minimum absolute atomic E-state index is 0.801. The summed E-state index contributed by atoms with van der Waals surface area (Å²) in [6.45, 7) is 0. The maximum absolute atomic E-state index is 4.75. The first-order valence-electron chi connectivity index (χ1n) is 7.93. The predicted molar refractivity (Wildman–Crippen MR) is 92.6 cm³/mol. The molecule has 0 atom stereocenters. The van der Waals surface area contributed by atoms with E-state index in [4.69, 9.17) is 4.98 Å². The fourth-order valence-electron chi connectivity index (χ4n) is 2.80. The van der Waals surface area contributed by atoms with E-state index in [1.54, 1.807) is 0 Å². The van der Waals surface area contributed by atoms with Crippen molar-refractivity contribution in [3.05, 3.63) is 90.8 Å². The first-order chi connectivity index (χ1) is 11.8. The van der Waals surface area contributed by atoms with Crippen LogP contribution in [0.5, 0.6) is 0 Å². The van der Waals surface area contributed by atoms with Gasteiger partial charge in [-0.2, -0.15) is 0 Å². The maximum Gasteiger partial charge on any atom is 0.244 e. The Balaban J connectivity index is 1.61. The van der Waals surface area contributed by atoms with Gasteiger partial charge in [0.2, 0.25) is 6.33 Å². The first kappa shape index (κ1) is 14.5. The van der Waals surface area contributed by atoms with E-state index in [0.717, 1.165) is 23.6 Å².